The van der Waals surface area contributed by atoms with Gasteiger partial charge in [0.1, 0.15) is 5.82 Å². The van der Waals surface area contributed by atoms with Gasteiger partial charge in [-0.2, -0.15) is 0 Å². The van der Waals surface area contributed by atoms with Crippen LogP contribution < -0.4 is 0 Å². The van der Waals surface area contributed by atoms with Gasteiger partial charge in [0, 0.05) is 9.13 Å². The van der Waals surface area contributed by atoms with Gasteiger partial charge in [0.25, 0.3) is 0 Å². The summed E-state index contributed by atoms with van der Waals surface area (Å²) in [6.07, 6.45) is 0. The van der Waals surface area contributed by atoms with Gasteiger partial charge in [-0.1, -0.05) is 23.2 Å². The predicted octanol–water partition coefficient (Wildman–Crippen LogP) is 4.62. The van der Waals surface area contributed by atoms with E-state index in [0.29, 0.717) is 10.6 Å². The molecule has 0 heterocycles. The molecule has 1 nitrogen and oxygen atoms in total. The highest BCUT2D eigenvalue weighted by molar-refractivity contribution is 14.1. The molecule has 0 saturated carbocycles. The summed E-state index contributed by atoms with van der Waals surface area (Å²) in [6, 6.07) is 9.56. The zero-order valence-corrected chi connectivity index (χ0v) is 12.4. The molecule has 0 fully saturated rings. The molecule has 0 unspecified atom stereocenters. The van der Waals surface area contributed by atoms with Crippen LogP contribution in [-0.2, 0) is 0 Å². The van der Waals surface area contributed by atoms with E-state index in [1.54, 1.807) is 24.3 Å². The zero-order valence-electron chi connectivity index (χ0n) is 9.51. The van der Waals surface area contributed by atoms with E-state index in [1.165, 1.54) is 12.1 Å². The molecular formula is C14H9ClFIO. The van der Waals surface area contributed by atoms with Crippen molar-refractivity contribution in [2.24, 2.45) is 0 Å². The standard InChI is InChI=1S/C14H9ClFIO/c1-8-2-5-13(16)11(6-8)14(18)10-7-9(17)3-4-12(10)15/h2-7H,1H3. The van der Waals surface area contributed by atoms with Crippen LogP contribution in [0.4, 0.5) is 4.39 Å². The Kier molecular flexibility index (Phi) is 4.02. The Bertz CT molecular complexity index is 572. The van der Waals surface area contributed by atoms with Crippen molar-refractivity contribution in [1.82, 2.24) is 0 Å². The summed E-state index contributed by atoms with van der Waals surface area (Å²) in [5.41, 5.74) is 1.22. The molecule has 0 N–H and O–H groups in total. The smallest absolute Gasteiger partial charge is 0.197 e. The number of benzene rings is 2. The van der Waals surface area contributed by atoms with E-state index in [2.05, 4.69) is 22.6 Å². The first-order valence-corrected chi connectivity index (χ1v) is 6.70. The average molecular weight is 375 g/mol. The van der Waals surface area contributed by atoms with E-state index < -0.39 is 5.82 Å². The van der Waals surface area contributed by atoms with Gasteiger partial charge in [-0.05, 0) is 59.8 Å². The van der Waals surface area contributed by atoms with Gasteiger partial charge in [-0.3, -0.25) is 4.79 Å². The normalized spacial score (nSPS) is 10.4. The van der Waals surface area contributed by atoms with E-state index >= 15 is 0 Å². The number of carbonyl (C=O) groups is 1. The Balaban J connectivity index is 2.54. The minimum atomic E-state index is -0.527. The Hall–Kier alpha value is -0.940. The molecule has 0 bridgehead atoms. The molecule has 2 aromatic carbocycles. The fraction of sp³-hybridized carbons (Fsp3) is 0.0714. The monoisotopic (exact) mass is 374 g/mol. The second-order valence-electron chi connectivity index (χ2n) is 3.94. The van der Waals surface area contributed by atoms with Crippen molar-refractivity contribution in [3.63, 3.8) is 0 Å². The first-order valence-electron chi connectivity index (χ1n) is 5.25. The largest absolute Gasteiger partial charge is 0.288 e. The van der Waals surface area contributed by atoms with Gasteiger partial charge >= 0.3 is 0 Å². The zero-order chi connectivity index (χ0) is 13.3. The molecule has 92 valence electrons. The number of hydrogen-bond acceptors (Lipinski definition) is 1. The molecule has 0 saturated heterocycles. The number of carbonyl (C=O) groups excluding carboxylic acids is 1. The molecule has 0 aliphatic rings. The van der Waals surface area contributed by atoms with Crippen molar-refractivity contribution < 1.29 is 9.18 Å². The van der Waals surface area contributed by atoms with E-state index in [4.69, 9.17) is 11.6 Å². The van der Waals surface area contributed by atoms with Crippen molar-refractivity contribution in [2.45, 2.75) is 6.92 Å². The van der Waals surface area contributed by atoms with Crippen LogP contribution in [0, 0.1) is 16.3 Å². The predicted molar refractivity (Wildman–Crippen MR) is 78.7 cm³/mol. The van der Waals surface area contributed by atoms with Crippen molar-refractivity contribution >= 4 is 40.0 Å². The van der Waals surface area contributed by atoms with Crippen LogP contribution in [0.15, 0.2) is 36.4 Å². The quantitative estimate of drug-likeness (QED) is 0.554. The molecular weight excluding hydrogens is 366 g/mol. The molecule has 0 aliphatic heterocycles. The van der Waals surface area contributed by atoms with Crippen LogP contribution >= 0.6 is 34.2 Å². The minimum absolute atomic E-state index is 0.0545. The van der Waals surface area contributed by atoms with Gasteiger partial charge in [0.15, 0.2) is 5.78 Å². The van der Waals surface area contributed by atoms with Gasteiger partial charge in [-0.25, -0.2) is 4.39 Å². The highest BCUT2D eigenvalue weighted by Crippen LogP contribution is 2.23. The number of aryl methyl sites for hydroxylation is 1. The molecule has 0 spiro atoms. The number of ketones is 1. The number of hydrogen-bond donors (Lipinski definition) is 0. The Labute approximate surface area is 123 Å². The topological polar surface area (TPSA) is 17.1 Å². The Morgan fingerprint density at radius 2 is 1.89 bits per heavy atom. The maximum atomic E-state index is 13.7. The van der Waals surface area contributed by atoms with E-state index in [1.807, 2.05) is 6.92 Å². The lowest BCUT2D eigenvalue weighted by molar-refractivity contribution is 0.103. The molecule has 0 aromatic heterocycles. The van der Waals surface area contributed by atoms with Crippen LogP contribution in [0.2, 0.25) is 5.02 Å². The minimum Gasteiger partial charge on any atom is -0.288 e. The summed E-state index contributed by atoms with van der Waals surface area (Å²) in [4.78, 5) is 12.3. The fourth-order valence-corrected chi connectivity index (χ4v) is 2.32. The van der Waals surface area contributed by atoms with E-state index in [-0.39, 0.29) is 11.3 Å². The Morgan fingerprint density at radius 3 is 2.61 bits per heavy atom. The lowest BCUT2D eigenvalue weighted by Gasteiger charge is -2.06. The summed E-state index contributed by atoms with van der Waals surface area (Å²) < 4.78 is 14.6. The lowest BCUT2D eigenvalue weighted by atomic mass is 10.0. The highest BCUT2D eigenvalue weighted by atomic mass is 127. The third kappa shape index (κ3) is 2.72. The third-order valence-corrected chi connectivity index (χ3v) is 3.54. The first kappa shape index (κ1) is 13.5. The van der Waals surface area contributed by atoms with Crippen molar-refractivity contribution in [2.75, 3.05) is 0 Å². The Morgan fingerprint density at radius 1 is 1.17 bits per heavy atom. The lowest BCUT2D eigenvalue weighted by Crippen LogP contribution is -2.06. The summed E-state index contributed by atoms with van der Waals surface area (Å²) >= 11 is 8.07. The molecule has 4 heteroatoms. The summed E-state index contributed by atoms with van der Waals surface area (Å²) in [5.74, 6) is -0.916. The van der Waals surface area contributed by atoms with Gasteiger partial charge in [0.2, 0.25) is 0 Å². The SMILES string of the molecule is Cc1ccc(F)c(C(=O)c2cc(I)ccc2Cl)c1. The van der Waals surface area contributed by atoms with Gasteiger partial charge in [0.05, 0.1) is 10.6 Å². The molecule has 2 aromatic rings. The van der Waals surface area contributed by atoms with Crippen LogP contribution in [0.3, 0.4) is 0 Å². The van der Waals surface area contributed by atoms with Gasteiger partial charge < -0.3 is 0 Å². The molecule has 0 atom stereocenters. The summed E-state index contributed by atoms with van der Waals surface area (Å²) in [5, 5.41) is 0.335. The first-order chi connectivity index (χ1) is 8.49. The molecule has 0 aliphatic carbocycles. The van der Waals surface area contributed by atoms with Crippen LogP contribution in [0.1, 0.15) is 21.5 Å². The van der Waals surface area contributed by atoms with Crippen molar-refractivity contribution in [3.8, 4) is 0 Å². The second-order valence-corrected chi connectivity index (χ2v) is 5.59. The second kappa shape index (κ2) is 5.36. The number of rotatable bonds is 2. The third-order valence-electron chi connectivity index (χ3n) is 2.54. The molecule has 2 rings (SSSR count). The molecule has 0 amide bonds. The van der Waals surface area contributed by atoms with Gasteiger partial charge in [-0.15, -0.1) is 0 Å². The summed E-state index contributed by atoms with van der Waals surface area (Å²) in [7, 11) is 0. The van der Waals surface area contributed by atoms with E-state index in [9.17, 15) is 9.18 Å². The maximum Gasteiger partial charge on any atom is 0.197 e. The molecule has 18 heavy (non-hydrogen) atoms. The van der Waals surface area contributed by atoms with E-state index in [0.717, 1.165) is 9.13 Å². The average Bonchev–Trinajstić information content (AvgIpc) is 2.34. The highest BCUT2D eigenvalue weighted by Gasteiger charge is 2.17. The van der Waals surface area contributed by atoms with Crippen LogP contribution in [-0.4, -0.2) is 5.78 Å². The van der Waals surface area contributed by atoms with Crippen LogP contribution in [0.5, 0.6) is 0 Å². The van der Waals surface area contributed by atoms with Crippen molar-refractivity contribution in [1.29, 1.82) is 0 Å². The fourth-order valence-electron chi connectivity index (χ4n) is 1.63. The molecule has 0 radical (unpaired) electrons. The summed E-state index contributed by atoms with van der Waals surface area (Å²) in [6.45, 7) is 1.81. The maximum absolute atomic E-state index is 13.7. The number of halogens is 3. The van der Waals surface area contributed by atoms with Crippen molar-refractivity contribution in [3.05, 3.63) is 67.5 Å². The van der Waals surface area contributed by atoms with Crippen LogP contribution in [0.25, 0.3) is 0 Å².